The fraction of sp³-hybridized carbons (Fsp3) is 0.533. The Kier molecular flexibility index (Phi) is 5.40. The number of rotatable bonds is 4. The lowest BCUT2D eigenvalue weighted by Crippen LogP contribution is -2.38. The molecule has 2 nitrogen and oxygen atoms in total. The van der Waals surface area contributed by atoms with Crippen molar-refractivity contribution in [2.24, 2.45) is 10.8 Å². The molecule has 0 amide bonds. The van der Waals surface area contributed by atoms with Crippen LogP contribution in [-0.2, 0) is 9.53 Å². The Bertz CT molecular complexity index is 338. The number of ether oxygens (including phenoxy) is 1. The summed E-state index contributed by atoms with van der Waals surface area (Å²) in [4.78, 5) is 12.1. The van der Waals surface area contributed by atoms with Gasteiger partial charge in [-0.2, -0.15) is 0 Å². The molecule has 0 bridgehead atoms. The first kappa shape index (κ1) is 15.7. The van der Waals surface area contributed by atoms with Gasteiger partial charge >= 0.3 is 5.97 Å². The second kappa shape index (κ2) is 5.85. The van der Waals surface area contributed by atoms with Crippen LogP contribution < -0.4 is 0 Å². The van der Waals surface area contributed by atoms with Crippen molar-refractivity contribution in [3.63, 3.8) is 0 Å². The van der Waals surface area contributed by atoms with Crippen molar-refractivity contribution in [1.82, 2.24) is 0 Å². The second-order valence-corrected chi connectivity index (χ2v) is 5.57. The fourth-order valence-corrected chi connectivity index (χ4v) is 0.945. The van der Waals surface area contributed by atoms with Crippen LogP contribution >= 0.6 is 0 Å². The molecule has 0 rings (SSSR count). The van der Waals surface area contributed by atoms with Crippen LogP contribution in [0.1, 0.15) is 41.5 Å². The summed E-state index contributed by atoms with van der Waals surface area (Å²) in [5.74, 6) is 0.293. The van der Waals surface area contributed by atoms with Gasteiger partial charge in [0.15, 0.2) is 0 Å². The molecule has 0 aliphatic rings. The minimum absolute atomic E-state index is 0.153. The molecule has 0 aromatic rings. The maximum atomic E-state index is 12.1. The van der Waals surface area contributed by atoms with E-state index >= 15 is 0 Å². The monoisotopic (exact) mass is 236 g/mol. The van der Waals surface area contributed by atoms with E-state index < -0.39 is 5.41 Å². The maximum absolute atomic E-state index is 12.1. The molecule has 2 heteroatoms. The second-order valence-electron chi connectivity index (χ2n) is 5.57. The standard InChI is InChI=1S/C15H24O2/c1-8-10-12(11-9-2)17-13(16)15(6,7)14(3,4)5/h8-11H,1H2,2-7H3/b11-9-,12-10+. The van der Waals surface area contributed by atoms with Crippen LogP contribution in [0.2, 0.25) is 0 Å². The van der Waals surface area contributed by atoms with Crippen molar-refractivity contribution >= 4 is 5.97 Å². The van der Waals surface area contributed by atoms with Crippen molar-refractivity contribution < 1.29 is 9.53 Å². The average Bonchev–Trinajstić information content (AvgIpc) is 2.16. The number of carbonyl (C=O) groups is 1. The molecule has 0 radical (unpaired) electrons. The number of carbonyl (C=O) groups excluding carboxylic acids is 1. The van der Waals surface area contributed by atoms with Gasteiger partial charge in [-0.3, -0.25) is 4.79 Å². The van der Waals surface area contributed by atoms with Gasteiger partial charge in [0.2, 0.25) is 0 Å². The molecule has 0 N–H and O–H groups in total. The lowest BCUT2D eigenvalue weighted by Gasteiger charge is -2.36. The molecule has 0 fully saturated rings. The third-order valence-electron chi connectivity index (χ3n) is 3.21. The Hall–Kier alpha value is -1.31. The van der Waals surface area contributed by atoms with Gasteiger partial charge in [0.25, 0.3) is 0 Å². The highest BCUT2D eigenvalue weighted by molar-refractivity contribution is 5.78. The van der Waals surface area contributed by atoms with E-state index in [1.165, 1.54) is 0 Å². The number of esters is 1. The highest BCUT2D eigenvalue weighted by atomic mass is 16.5. The largest absolute Gasteiger partial charge is 0.426 e. The number of allylic oxidation sites excluding steroid dienone is 4. The lowest BCUT2D eigenvalue weighted by molar-refractivity contribution is -0.155. The third-order valence-corrected chi connectivity index (χ3v) is 3.21. The van der Waals surface area contributed by atoms with Crippen molar-refractivity contribution in [3.8, 4) is 0 Å². The van der Waals surface area contributed by atoms with E-state index in [1.54, 1.807) is 18.2 Å². The number of hydrogen-bond acceptors (Lipinski definition) is 2. The minimum Gasteiger partial charge on any atom is -0.426 e. The predicted molar refractivity (Wildman–Crippen MR) is 72.4 cm³/mol. The molecule has 0 aliphatic heterocycles. The predicted octanol–water partition coefficient (Wildman–Crippen LogP) is 4.25. The number of hydrogen-bond donors (Lipinski definition) is 0. The van der Waals surface area contributed by atoms with Crippen LogP contribution in [-0.4, -0.2) is 5.97 Å². The maximum Gasteiger partial charge on any atom is 0.317 e. The first-order valence-electron chi connectivity index (χ1n) is 5.84. The van der Waals surface area contributed by atoms with E-state index in [0.717, 1.165) is 0 Å². The highest BCUT2D eigenvalue weighted by Crippen LogP contribution is 2.39. The van der Waals surface area contributed by atoms with Crippen molar-refractivity contribution in [2.75, 3.05) is 0 Å². The topological polar surface area (TPSA) is 26.3 Å². The van der Waals surface area contributed by atoms with E-state index in [9.17, 15) is 4.79 Å². The summed E-state index contributed by atoms with van der Waals surface area (Å²) < 4.78 is 5.39. The fourth-order valence-electron chi connectivity index (χ4n) is 0.945. The van der Waals surface area contributed by atoms with E-state index in [1.807, 2.05) is 47.6 Å². The molecule has 0 saturated heterocycles. The van der Waals surface area contributed by atoms with Crippen LogP contribution in [0.15, 0.2) is 36.6 Å². The minimum atomic E-state index is -0.547. The van der Waals surface area contributed by atoms with Gasteiger partial charge in [-0.15, -0.1) is 0 Å². The molecule has 0 spiro atoms. The van der Waals surface area contributed by atoms with Crippen LogP contribution in [0.4, 0.5) is 0 Å². The molecular formula is C15H24O2. The van der Waals surface area contributed by atoms with E-state index in [4.69, 9.17) is 4.74 Å². The van der Waals surface area contributed by atoms with Gasteiger partial charge in [-0.1, -0.05) is 39.5 Å². The van der Waals surface area contributed by atoms with Crippen molar-refractivity contribution in [2.45, 2.75) is 41.5 Å². The summed E-state index contributed by atoms with van der Waals surface area (Å²) in [6.45, 7) is 15.4. The third kappa shape index (κ3) is 4.22. The summed E-state index contributed by atoms with van der Waals surface area (Å²) in [5, 5.41) is 0. The average molecular weight is 236 g/mol. The van der Waals surface area contributed by atoms with Crippen LogP contribution in [0.3, 0.4) is 0 Å². The molecule has 0 heterocycles. The zero-order valence-electron chi connectivity index (χ0n) is 11.8. The quantitative estimate of drug-likeness (QED) is 0.414. The van der Waals surface area contributed by atoms with E-state index in [0.29, 0.717) is 5.76 Å². The highest BCUT2D eigenvalue weighted by Gasteiger charge is 2.41. The van der Waals surface area contributed by atoms with Crippen LogP contribution in [0.25, 0.3) is 0 Å². The summed E-state index contributed by atoms with van der Waals surface area (Å²) in [6, 6.07) is 0. The van der Waals surface area contributed by atoms with Crippen molar-refractivity contribution in [3.05, 3.63) is 36.6 Å². The van der Waals surface area contributed by atoms with Gasteiger partial charge < -0.3 is 4.74 Å². The van der Waals surface area contributed by atoms with Gasteiger partial charge in [-0.25, -0.2) is 0 Å². The SMILES string of the molecule is C=C/C=C(\C=C/C)OC(=O)C(C)(C)C(C)(C)C. The molecule has 0 unspecified atom stereocenters. The molecule has 0 aromatic carbocycles. The van der Waals surface area contributed by atoms with E-state index in [2.05, 4.69) is 6.58 Å². The molecular weight excluding hydrogens is 212 g/mol. The normalized spacial score (nSPS) is 13.9. The van der Waals surface area contributed by atoms with Gasteiger partial charge in [0.05, 0.1) is 5.41 Å². The molecule has 0 saturated carbocycles. The van der Waals surface area contributed by atoms with Crippen LogP contribution in [0.5, 0.6) is 0 Å². The zero-order valence-corrected chi connectivity index (χ0v) is 11.8. The Labute approximate surface area is 105 Å². The Balaban J connectivity index is 4.97. The Morgan fingerprint density at radius 3 is 2.06 bits per heavy atom. The summed E-state index contributed by atoms with van der Waals surface area (Å²) >= 11 is 0. The molecule has 0 atom stereocenters. The smallest absolute Gasteiger partial charge is 0.317 e. The van der Waals surface area contributed by atoms with Gasteiger partial charge in [-0.05, 0) is 38.3 Å². The van der Waals surface area contributed by atoms with Gasteiger partial charge in [0.1, 0.15) is 5.76 Å². The zero-order chi connectivity index (χ0) is 13.7. The van der Waals surface area contributed by atoms with Gasteiger partial charge in [0, 0.05) is 0 Å². The molecule has 0 aromatic heterocycles. The van der Waals surface area contributed by atoms with Crippen molar-refractivity contribution in [1.29, 1.82) is 0 Å². The van der Waals surface area contributed by atoms with Crippen LogP contribution in [0, 0.1) is 10.8 Å². The summed E-state index contributed by atoms with van der Waals surface area (Å²) in [5.41, 5.74) is -0.700. The Morgan fingerprint density at radius 1 is 1.18 bits per heavy atom. The van der Waals surface area contributed by atoms with E-state index in [-0.39, 0.29) is 11.4 Å². The Morgan fingerprint density at radius 2 is 1.71 bits per heavy atom. The summed E-state index contributed by atoms with van der Waals surface area (Å²) in [6.07, 6.45) is 6.86. The molecule has 0 aliphatic carbocycles. The summed E-state index contributed by atoms with van der Waals surface area (Å²) in [7, 11) is 0. The molecule has 96 valence electrons. The first-order chi connectivity index (χ1) is 7.66. The first-order valence-corrected chi connectivity index (χ1v) is 5.84. The lowest BCUT2D eigenvalue weighted by atomic mass is 9.69. The molecule has 17 heavy (non-hydrogen) atoms.